The van der Waals surface area contributed by atoms with Crippen molar-refractivity contribution in [2.24, 2.45) is 5.73 Å². The SMILES string of the molecule is NC(=O)COc1ccccc1C(=O)OCC(=O)Nc1ccc(Oc2ccccc2)cc1. The van der Waals surface area contributed by atoms with Crippen molar-refractivity contribution < 1.29 is 28.6 Å². The van der Waals surface area contributed by atoms with Crippen LogP contribution in [-0.2, 0) is 14.3 Å². The first-order valence-corrected chi connectivity index (χ1v) is 9.31. The van der Waals surface area contributed by atoms with Gasteiger partial charge >= 0.3 is 5.97 Å². The smallest absolute Gasteiger partial charge is 0.342 e. The van der Waals surface area contributed by atoms with E-state index in [1.54, 1.807) is 36.4 Å². The molecule has 0 aliphatic rings. The summed E-state index contributed by atoms with van der Waals surface area (Å²) in [5.41, 5.74) is 5.65. The molecule has 31 heavy (non-hydrogen) atoms. The van der Waals surface area contributed by atoms with Gasteiger partial charge in [0, 0.05) is 5.69 Å². The van der Waals surface area contributed by atoms with Crippen LogP contribution in [-0.4, -0.2) is 31.0 Å². The normalized spacial score (nSPS) is 10.1. The molecule has 0 fully saturated rings. The molecule has 0 saturated carbocycles. The molecule has 0 aromatic heterocycles. The Balaban J connectivity index is 1.51. The molecular weight excluding hydrogens is 400 g/mol. The standard InChI is InChI=1S/C23H20N2O6/c24-21(26)14-29-20-9-5-4-8-19(20)23(28)30-15-22(27)25-16-10-12-18(13-11-16)31-17-6-2-1-3-7-17/h1-13H,14-15H2,(H2,24,26)(H,25,27). The average molecular weight is 420 g/mol. The fourth-order valence-electron chi connectivity index (χ4n) is 2.55. The molecule has 3 aromatic carbocycles. The number of rotatable bonds is 9. The lowest BCUT2D eigenvalue weighted by molar-refractivity contribution is -0.120. The fourth-order valence-corrected chi connectivity index (χ4v) is 2.55. The molecule has 2 amide bonds. The Morgan fingerprint density at radius 2 is 1.42 bits per heavy atom. The zero-order valence-electron chi connectivity index (χ0n) is 16.4. The van der Waals surface area contributed by atoms with E-state index < -0.39 is 24.4 Å². The van der Waals surface area contributed by atoms with E-state index in [9.17, 15) is 14.4 Å². The summed E-state index contributed by atoms with van der Waals surface area (Å²) in [4.78, 5) is 35.3. The largest absolute Gasteiger partial charge is 0.483 e. The van der Waals surface area contributed by atoms with Crippen LogP contribution in [0.15, 0.2) is 78.9 Å². The number of ether oxygens (including phenoxy) is 3. The highest BCUT2D eigenvalue weighted by Crippen LogP contribution is 2.23. The molecule has 0 atom stereocenters. The van der Waals surface area contributed by atoms with Gasteiger partial charge in [-0.05, 0) is 48.5 Å². The number of para-hydroxylation sites is 2. The highest BCUT2D eigenvalue weighted by molar-refractivity contribution is 5.96. The van der Waals surface area contributed by atoms with Gasteiger partial charge in [-0.1, -0.05) is 30.3 Å². The maximum Gasteiger partial charge on any atom is 0.342 e. The summed E-state index contributed by atoms with van der Waals surface area (Å²) in [6.07, 6.45) is 0. The first kappa shape index (κ1) is 21.4. The molecule has 3 rings (SSSR count). The Morgan fingerprint density at radius 1 is 0.774 bits per heavy atom. The van der Waals surface area contributed by atoms with Crippen molar-refractivity contribution >= 4 is 23.5 Å². The van der Waals surface area contributed by atoms with Gasteiger partial charge < -0.3 is 25.3 Å². The topological polar surface area (TPSA) is 117 Å². The molecule has 158 valence electrons. The molecule has 3 aromatic rings. The molecule has 0 aliphatic heterocycles. The van der Waals surface area contributed by atoms with Gasteiger partial charge in [-0.2, -0.15) is 0 Å². The van der Waals surface area contributed by atoms with Crippen LogP contribution in [0.25, 0.3) is 0 Å². The van der Waals surface area contributed by atoms with Crippen molar-refractivity contribution in [3.05, 3.63) is 84.4 Å². The molecule has 8 heteroatoms. The Morgan fingerprint density at radius 3 is 2.13 bits per heavy atom. The highest BCUT2D eigenvalue weighted by atomic mass is 16.5. The minimum Gasteiger partial charge on any atom is -0.483 e. The lowest BCUT2D eigenvalue weighted by atomic mass is 10.2. The number of nitrogens with two attached hydrogens (primary N) is 1. The van der Waals surface area contributed by atoms with E-state index in [0.717, 1.165) is 0 Å². The van der Waals surface area contributed by atoms with Gasteiger partial charge in [0.15, 0.2) is 13.2 Å². The van der Waals surface area contributed by atoms with Crippen molar-refractivity contribution in [3.8, 4) is 17.2 Å². The predicted octanol–water partition coefficient (Wildman–Crippen LogP) is 3.14. The summed E-state index contributed by atoms with van der Waals surface area (Å²) in [7, 11) is 0. The second-order valence-electron chi connectivity index (χ2n) is 6.31. The Bertz CT molecular complexity index is 1050. The highest BCUT2D eigenvalue weighted by Gasteiger charge is 2.16. The van der Waals surface area contributed by atoms with Crippen molar-refractivity contribution in [2.45, 2.75) is 0 Å². The molecule has 0 radical (unpaired) electrons. The number of nitrogens with one attached hydrogen (secondary N) is 1. The Labute approximate surface area is 178 Å². The van der Waals surface area contributed by atoms with Crippen LogP contribution in [0.3, 0.4) is 0 Å². The Kier molecular flexibility index (Phi) is 7.21. The summed E-state index contributed by atoms with van der Waals surface area (Å²) >= 11 is 0. The maximum atomic E-state index is 12.3. The van der Waals surface area contributed by atoms with Gasteiger partial charge in [-0.3, -0.25) is 9.59 Å². The number of amides is 2. The van der Waals surface area contributed by atoms with Gasteiger partial charge in [0.1, 0.15) is 22.8 Å². The van der Waals surface area contributed by atoms with Crippen molar-refractivity contribution in [1.29, 1.82) is 0 Å². The third-order valence-corrected chi connectivity index (χ3v) is 3.93. The zero-order chi connectivity index (χ0) is 22.1. The number of benzene rings is 3. The van der Waals surface area contributed by atoms with Crippen LogP contribution in [0.5, 0.6) is 17.2 Å². The number of carbonyl (C=O) groups is 3. The maximum absolute atomic E-state index is 12.3. The summed E-state index contributed by atoms with van der Waals surface area (Å²) in [5, 5.41) is 2.63. The fraction of sp³-hybridized carbons (Fsp3) is 0.0870. The second kappa shape index (κ2) is 10.4. The van der Waals surface area contributed by atoms with Crippen molar-refractivity contribution in [2.75, 3.05) is 18.5 Å². The van der Waals surface area contributed by atoms with Gasteiger partial charge in [-0.15, -0.1) is 0 Å². The Hall–Kier alpha value is -4.33. The van der Waals surface area contributed by atoms with E-state index in [1.807, 2.05) is 30.3 Å². The van der Waals surface area contributed by atoms with Crippen LogP contribution in [0, 0.1) is 0 Å². The van der Waals surface area contributed by atoms with Gasteiger partial charge in [0.05, 0.1) is 0 Å². The lowest BCUT2D eigenvalue weighted by Gasteiger charge is -2.11. The van der Waals surface area contributed by atoms with Crippen LogP contribution in [0.2, 0.25) is 0 Å². The van der Waals surface area contributed by atoms with E-state index in [-0.39, 0.29) is 17.9 Å². The number of anilines is 1. The monoisotopic (exact) mass is 420 g/mol. The van der Waals surface area contributed by atoms with Gasteiger partial charge in [0.25, 0.3) is 11.8 Å². The molecule has 0 bridgehead atoms. The number of primary amides is 1. The van der Waals surface area contributed by atoms with E-state index in [1.165, 1.54) is 12.1 Å². The van der Waals surface area contributed by atoms with E-state index >= 15 is 0 Å². The second-order valence-corrected chi connectivity index (χ2v) is 6.31. The third-order valence-electron chi connectivity index (χ3n) is 3.93. The van der Waals surface area contributed by atoms with Crippen LogP contribution < -0.4 is 20.5 Å². The van der Waals surface area contributed by atoms with E-state index in [4.69, 9.17) is 19.9 Å². The molecular formula is C23H20N2O6. The van der Waals surface area contributed by atoms with Crippen LogP contribution >= 0.6 is 0 Å². The molecule has 8 nitrogen and oxygen atoms in total. The van der Waals surface area contributed by atoms with E-state index in [0.29, 0.717) is 17.2 Å². The van der Waals surface area contributed by atoms with Gasteiger partial charge in [-0.25, -0.2) is 4.79 Å². The molecule has 0 aliphatic carbocycles. The minimum atomic E-state index is -0.762. The lowest BCUT2D eigenvalue weighted by Crippen LogP contribution is -2.22. The molecule has 3 N–H and O–H groups in total. The number of hydrogen-bond donors (Lipinski definition) is 2. The first-order chi connectivity index (χ1) is 15.0. The summed E-state index contributed by atoms with van der Waals surface area (Å²) in [5.74, 6) is -0.500. The molecule has 0 saturated heterocycles. The van der Waals surface area contributed by atoms with Gasteiger partial charge in [0.2, 0.25) is 0 Å². The molecule has 0 spiro atoms. The molecule has 0 unspecified atom stereocenters. The number of esters is 1. The van der Waals surface area contributed by atoms with Crippen molar-refractivity contribution in [3.63, 3.8) is 0 Å². The van der Waals surface area contributed by atoms with Crippen LogP contribution in [0.4, 0.5) is 5.69 Å². The first-order valence-electron chi connectivity index (χ1n) is 9.31. The molecule has 0 heterocycles. The minimum absolute atomic E-state index is 0.0824. The summed E-state index contributed by atoms with van der Waals surface area (Å²) in [6, 6.07) is 22.3. The summed E-state index contributed by atoms with van der Waals surface area (Å²) in [6.45, 7) is -0.875. The van der Waals surface area contributed by atoms with Crippen molar-refractivity contribution in [1.82, 2.24) is 0 Å². The summed E-state index contributed by atoms with van der Waals surface area (Å²) < 4.78 is 15.9. The van der Waals surface area contributed by atoms with E-state index in [2.05, 4.69) is 5.32 Å². The predicted molar refractivity (Wildman–Crippen MR) is 113 cm³/mol. The average Bonchev–Trinajstić information content (AvgIpc) is 2.78. The third kappa shape index (κ3) is 6.60. The number of carbonyl (C=O) groups excluding carboxylic acids is 3. The number of hydrogen-bond acceptors (Lipinski definition) is 6. The van der Waals surface area contributed by atoms with Crippen LogP contribution in [0.1, 0.15) is 10.4 Å². The zero-order valence-corrected chi connectivity index (χ0v) is 16.4. The quantitative estimate of drug-likeness (QED) is 0.514.